The SMILES string of the molecule is Cc1ccc(C(C)C)cn1. The van der Waals surface area contributed by atoms with Crippen molar-refractivity contribution in [2.75, 3.05) is 0 Å². The molecule has 1 heteroatoms. The van der Waals surface area contributed by atoms with Gasteiger partial charge in [0.2, 0.25) is 0 Å². The van der Waals surface area contributed by atoms with E-state index in [-0.39, 0.29) is 0 Å². The predicted molar refractivity (Wildman–Crippen MR) is 43.1 cm³/mol. The number of hydrogen-bond donors (Lipinski definition) is 0. The lowest BCUT2D eigenvalue weighted by Gasteiger charge is -2.02. The van der Waals surface area contributed by atoms with Gasteiger partial charge in [0.05, 0.1) is 0 Å². The minimum atomic E-state index is 0.591. The first-order valence-corrected chi connectivity index (χ1v) is 3.62. The normalized spacial score (nSPS) is 10.4. The molecule has 0 N–H and O–H groups in total. The summed E-state index contributed by atoms with van der Waals surface area (Å²) < 4.78 is 0. The van der Waals surface area contributed by atoms with Gasteiger partial charge in [-0.05, 0) is 24.5 Å². The molecule has 10 heavy (non-hydrogen) atoms. The molecule has 0 aliphatic rings. The smallest absolute Gasteiger partial charge is 0.0372 e. The van der Waals surface area contributed by atoms with E-state index >= 15 is 0 Å². The summed E-state index contributed by atoms with van der Waals surface area (Å²) in [6, 6.07) is 4.18. The van der Waals surface area contributed by atoms with Crippen LogP contribution in [0.15, 0.2) is 18.3 Å². The van der Waals surface area contributed by atoms with E-state index in [4.69, 9.17) is 0 Å². The van der Waals surface area contributed by atoms with Crippen LogP contribution in [0.3, 0.4) is 0 Å². The van der Waals surface area contributed by atoms with E-state index < -0.39 is 0 Å². The Kier molecular flexibility index (Phi) is 2.05. The summed E-state index contributed by atoms with van der Waals surface area (Å²) in [5.74, 6) is 0.591. The monoisotopic (exact) mass is 135 g/mol. The van der Waals surface area contributed by atoms with Gasteiger partial charge in [0.1, 0.15) is 0 Å². The number of hydrogen-bond acceptors (Lipinski definition) is 1. The summed E-state index contributed by atoms with van der Waals surface area (Å²) in [4.78, 5) is 4.20. The number of nitrogens with zero attached hydrogens (tertiary/aromatic N) is 1. The number of aryl methyl sites for hydroxylation is 1. The van der Waals surface area contributed by atoms with E-state index in [0.717, 1.165) is 5.69 Å². The molecule has 1 nitrogen and oxygen atoms in total. The molecule has 0 amide bonds. The van der Waals surface area contributed by atoms with E-state index in [2.05, 4.69) is 31.0 Å². The molecule has 0 saturated heterocycles. The van der Waals surface area contributed by atoms with Crippen molar-refractivity contribution in [1.82, 2.24) is 4.98 Å². The first-order chi connectivity index (χ1) is 4.70. The van der Waals surface area contributed by atoms with Gasteiger partial charge in [0, 0.05) is 11.9 Å². The van der Waals surface area contributed by atoms with Crippen LogP contribution in [0.2, 0.25) is 0 Å². The highest BCUT2D eigenvalue weighted by Gasteiger charge is 1.96. The van der Waals surface area contributed by atoms with Crippen LogP contribution < -0.4 is 0 Å². The minimum Gasteiger partial charge on any atom is -0.261 e. The van der Waals surface area contributed by atoms with Gasteiger partial charge in [-0.3, -0.25) is 4.98 Å². The maximum absolute atomic E-state index is 4.20. The van der Waals surface area contributed by atoms with Gasteiger partial charge in [-0.2, -0.15) is 0 Å². The van der Waals surface area contributed by atoms with Crippen molar-refractivity contribution in [1.29, 1.82) is 0 Å². The highest BCUT2D eigenvalue weighted by Crippen LogP contribution is 2.11. The lowest BCUT2D eigenvalue weighted by molar-refractivity contribution is 0.855. The van der Waals surface area contributed by atoms with E-state index in [1.165, 1.54) is 5.56 Å². The maximum atomic E-state index is 4.20. The fraction of sp³-hybridized carbons (Fsp3) is 0.444. The van der Waals surface area contributed by atoms with Gasteiger partial charge in [-0.1, -0.05) is 19.9 Å². The Hall–Kier alpha value is -0.850. The lowest BCUT2D eigenvalue weighted by atomic mass is 10.1. The van der Waals surface area contributed by atoms with Crippen molar-refractivity contribution >= 4 is 0 Å². The highest BCUT2D eigenvalue weighted by atomic mass is 14.7. The summed E-state index contributed by atoms with van der Waals surface area (Å²) in [5.41, 5.74) is 2.40. The van der Waals surface area contributed by atoms with Crippen molar-refractivity contribution in [2.24, 2.45) is 0 Å². The van der Waals surface area contributed by atoms with Gasteiger partial charge >= 0.3 is 0 Å². The second kappa shape index (κ2) is 2.82. The van der Waals surface area contributed by atoms with Crippen molar-refractivity contribution in [3.63, 3.8) is 0 Å². The van der Waals surface area contributed by atoms with E-state index in [0.29, 0.717) is 5.92 Å². The highest BCUT2D eigenvalue weighted by molar-refractivity contribution is 5.15. The van der Waals surface area contributed by atoms with E-state index in [1.807, 2.05) is 13.1 Å². The average molecular weight is 135 g/mol. The van der Waals surface area contributed by atoms with Crippen molar-refractivity contribution in [3.05, 3.63) is 29.6 Å². The molecule has 54 valence electrons. The molecule has 1 aromatic heterocycles. The average Bonchev–Trinajstić information content (AvgIpc) is 1.88. The molecule has 1 aromatic rings. The van der Waals surface area contributed by atoms with Crippen LogP contribution in [0.4, 0.5) is 0 Å². The third-order valence-electron chi connectivity index (χ3n) is 1.60. The summed E-state index contributed by atoms with van der Waals surface area (Å²) in [7, 11) is 0. The van der Waals surface area contributed by atoms with Crippen LogP contribution in [0.1, 0.15) is 31.0 Å². The Bertz CT molecular complexity index is 198. The maximum Gasteiger partial charge on any atom is 0.0372 e. The molecular weight excluding hydrogens is 122 g/mol. The third kappa shape index (κ3) is 1.56. The topological polar surface area (TPSA) is 12.9 Å². The molecule has 1 rings (SSSR count). The van der Waals surface area contributed by atoms with Crippen LogP contribution in [0, 0.1) is 6.92 Å². The Morgan fingerprint density at radius 2 is 2.00 bits per heavy atom. The largest absolute Gasteiger partial charge is 0.261 e. The Morgan fingerprint density at radius 1 is 1.30 bits per heavy atom. The second-order valence-electron chi connectivity index (χ2n) is 2.89. The molecule has 1 heterocycles. The lowest BCUT2D eigenvalue weighted by Crippen LogP contribution is -1.88. The number of pyridine rings is 1. The molecule has 0 aliphatic heterocycles. The van der Waals surface area contributed by atoms with Crippen LogP contribution in [0.25, 0.3) is 0 Å². The summed E-state index contributed by atoms with van der Waals surface area (Å²) in [5, 5.41) is 0. The summed E-state index contributed by atoms with van der Waals surface area (Å²) in [6.45, 7) is 6.35. The van der Waals surface area contributed by atoms with Gasteiger partial charge in [0.25, 0.3) is 0 Å². The molecule has 0 fully saturated rings. The van der Waals surface area contributed by atoms with Crippen molar-refractivity contribution in [2.45, 2.75) is 26.7 Å². The summed E-state index contributed by atoms with van der Waals surface area (Å²) in [6.07, 6.45) is 1.94. The minimum absolute atomic E-state index is 0.591. The first kappa shape index (κ1) is 7.26. The van der Waals surface area contributed by atoms with Gasteiger partial charge < -0.3 is 0 Å². The zero-order chi connectivity index (χ0) is 7.56. The van der Waals surface area contributed by atoms with Crippen LogP contribution >= 0.6 is 0 Å². The predicted octanol–water partition coefficient (Wildman–Crippen LogP) is 2.51. The molecule has 0 aromatic carbocycles. The van der Waals surface area contributed by atoms with Gasteiger partial charge in [0.15, 0.2) is 0 Å². The van der Waals surface area contributed by atoms with E-state index in [9.17, 15) is 0 Å². The first-order valence-electron chi connectivity index (χ1n) is 3.62. The van der Waals surface area contributed by atoms with Crippen molar-refractivity contribution in [3.8, 4) is 0 Å². The third-order valence-corrected chi connectivity index (χ3v) is 1.60. The standard InChI is InChI=1S/C9H13N/c1-7(2)9-5-4-8(3)10-6-9/h4-7H,1-3H3. The number of aromatic nitrogens is 1. The zero-order valence-corrected chi connectivity index (χ0v) is 6.76. The van der Waals surface area contributed by atoms with Crippen molar-refractivity contribution < 1.29 is 0 Å². The molecule has 0 unspecified atom stereocenters. The number of rotatable bonds is 1. The van der Waals surface area contributed by atoms with Crippen LogP contribution in [-0.2, 0) is 0 Å². The Labute approximate surface area is 62.1 Å². The fourth-order valence-corrected chi connectivity index (χ4v) is 0.821. The van der Waals surface area contributed by atoms with Gasteiger partial charge in [-0.25, -0.2) is 0 Å². The Balaban J connectivity index is 2.89. The van der Waals surface area contributed by atoms with Crippen LogP contribution in [-0.4, -0.2) is 4.98 Å². The molecule has 0 spiro atoms. The molecule has 0 atom stereocenters. The molecule has 0 radical (unpaired) electrons. The second-order valence-corrected chi connectivity index (χ2v) is 2.89. The quantitative estimate of drug-likeness (QED) is 0.576. The van der Waals surface area contributed by atoms with E-state index in [1.54, 1.807) is 0 Å². The molecule has 0 aliphatic carbocycles. The summed E-state index contributed by atoms with van der Waals surface area (Å²) >= 11 is 0. The van der Waals surface area contributed by atoms with Crippen LogP contribution in [0.5, 0.6) is 0 Å². The molecular formula is C9H13N. The molecule has 0 bridgehead atoms. The Morgan fingerprint density at radius 3 is 2.40 bits per heavy atom. The fourth-order valence-electron chi connectivity index (χ4n) is 0.821. The zero-order valence-electron chi connectivity index (χ0n) is 6.76. The molecule has 0 saturated carbocycles. The van der Waals surface area contributed by atoms with Gasteiger partial charge in [-0.15, -0.1) is 0 Å².